The van der Waals surface area contributed by atoms with Gasteiger partial charge in [0.05, 0.1) is 5.52 Å². The number of anilines is 2. The van der Waals surface area contributed by atoms with Gasteiger partial charge < -0.3 is 20.7 Å². The molecule has 0 unspecified atom stereocenters. The highest BCUT2D eigenvalue weighted by Crippen LogP contribution is 2.27. The van der Waals surface area contributed by atoms with E-state index < -0.39 is 57.4 Å². The molecule has 0 fully saturated rings. The van der Waals surface area contributed by atoms with E-state index >= 15 is 0 Å². The molecular weight excluding hydrogens is 386 g/mol. The summed E-state index contributed by atoms with van der Waals surface area (Å²) >= 11 is 0. The van der Waals surface area contributed by atoms with Gasteiger partial charge in [0, 0.05) is 11.5 Å². The van der Waals surface area contributed by atoms with Gasteiger partial charge in [-0.25, -0.2) is 22.4 Å². The molecule has 0 aliphatic rings. The van der Waals surface area contributed by atoms with Crippen LogP contribution in [-0.2, 0) is 0 Å². The van der Waals surface area contributed by atoms with Crippen molar-refractivity contribution >= 4 is 28.3 Å². The molecule has 4 N–H and O–H groups in total. The second-order valence-corrected chi connectivity index (χ2v) is 5.47. The zero-order valence-electron chi connectivity index (χ0n) is 13.6. The Morgan fingerprint density at radius 1 is 0.929 bits per heavy atom. The lowest BCUT2D eigenvalue weighted by atomic mass is 10.2. The Labute approximate surface area is 152 Å². The van der Waals surface area contributed by atoms with Crippen LogP contribution in [0, 0.1) is 23.3 Å². The van der Waals surface area contributed by atoms with Crippen LogP contribution >= 0.6 is 0 Å². The van der Waals surface area contributed by atoms with Crippen molar-refractivity contribution < 1.29 is 27.5 Å². The highest BCUT2D eigenvalue weighted by molar-refractivity contribution is 6.02. The number of halogens is 4. The van der Waals surface area contributed by atoms with Crippen LogP contribution in [0.25, 0.3) is 10.9 Å². The van der Waals surface area contributed by atoms with Gasteiger partial charge in [-0.1, -0.05) is 12.1 Å². The van der Waals surface area contributed by atoms with Crippen LogP contribution < -0.4 is 21.6 Å². The zero-order chi connectivity index (χ0) is 20.6. The molecular formula is C17H9F4N3O4. The van der Waals surface area contributed by atoms with Crippen molar-refractivity contribution in [1.82, 2.24) is 4.98 Å². The van der Waals surface area contributed by atoms with Crippen LogP contribution in [0.4, 0.5) is 33.7 Å². The van der Waals surface area contributed by atoms with E-state index in [0.717, 1.165) is 0 Å². The average molecular weight is 395 g/mol. The van der Waals surface area contributed by atoms with Crippen LogP contribution in [-0.4, -0.2) is 16.1 Å². The van der Waals surface area contributed by atoms with E-state index in [1.54, 1.807) is 10.6 Å². The molecule has 0 atom stereocenters. The summed E-state index contributed by atoms with van der Waals surface area (Å²) in [5, 5.41) is 13.6. The molecule has 11 heteroatoms. The summed E-state index contributed by atoms with van der Waals surface area (Å²) in [6, 6.07) is 4.21. The Bertz CT molecular complexity index is 1240. The number of hydrogen-bond donors (Lipinski definition) is 4. The van der Waals surface area contributed by atoms with Gasteiger partial charge in [-0.05, 0) is 12.1 Å². The minimum Gasteiger partial charge on any atom is -0.505 e. The molecule has 2 aromatic carbocycles. The monoisotopic (exact) mass is 395 g/mol. The summed E-state index contributed by atoms with van der Waals surface area (Å²) < 4.78 is 53.5. The third-order valence-electron chi connectivity index (χ3n) is 3.69. The molecule has 144 valence electrons. The van der Waals surface area contributed by atoms with Gasteiger partial charge in [0.2, 0.25) is 0 Å². The maximum Gasteiger partial charge on any atom is 0.324 e. The number of carbonyl (C=O) groups excluding carboxylic acids is 1. The molecule has 2 amide bonds. The number of aromatic nitrogens is 1. The standard InChI is InChI=1S/C17H9F4N3O4/c18-7-5-8(19)12(11(21)10(7)20)23-17(28)24-13-14(25)6-3-1-2-4-9(6)22-16(27)15(13)26/h1-5H,(H4,22,23,24,25,26,27,28). The van der Waals surface area contributed by atoms with Crippen molar-refractivity contribution in [3.8, 4) is 5.75 Å². The van der Waals surface area contributed by atoms with Crippen LogP contribution in [0.1, 0.15) is 0 Å². The average Bonchev–Trinajstić information content (AvgIpc) is 2.74. The van der Waals surface area contributed by atoms with Crippen molar-refractivity contribution in [1.29, 1.82) is 0 Å². The second kappa shape index (κ2) is 7.02. The lowest BCUT2D eigenvalue weighted by Crippen LogP contribution is -2.30. The minimum atomic E-state index is -2.03. The van der Waals surface area contributed by atoms with Crippen molar-refractivity contribution in [2.24, 2.45) is 0 Å². The van der Waals surface area contributed by atoms with Crippen LogP contribution in [0.2, 0.25) is 0 Å². The van der Waals surface area contributed by atoms with E-state index in [2.05, 4.69) is 4.98 Å². The van der Waals surface area contributed by atoms with Gasteiger partial charge in [0.1, 0.15) is 11.4 Å². The molecule has 0 spiro atoms. The molecule has 28 heavy (non-hydrogen) atoms. The normalized spacial score (nSPS) is 10.7. The third-order valence-corrected chi connectivity index (χ3v) is 3.69. The second-order valence-electron chi connectivity index (χ2n) is 5.47. The van der Waals surface area contributed by atoms with E-state index in [1.165, 1.54) is 24.3 Å². The number of carbonyl (C=O) groups is 1. The number of H-pyrrole nitrogens is 1. The number of aromatic amines is 1. The molecule has 0 saturated heterocycles. The molecule has 3 rings (SSSR count). The Balaban J connectivity index is 2.05. The summed E-state index contributed by atoms with van der Waals surface area (Å²) in [4.78, 5) is 38.2. The molecule has 1 heterocycles. The first-order valence-electron chi connectivity index (χ1n) is 7.50. The fourth-order valence-corrected chi connectivity index (χ4v) is 2.39. The van der Waals surface area contributed by atoms with Crippen LogP contribution in [0.15, 0.2) is 39.9 Å². The van der Waals surface area contributed by atoms with Crippen LogP contribution in [0.3, 0.4) is 0 Å². The van der Waals surface area contributed by atoms with Crippen molar-refractivity contribution in [3.05, 3.63) is 74.2 Å². The highest BCUT2D eigenvalue weighted by atomic mass is 19.2. The first kappa shape index (κ1) is 18.9. The number of aromatic hydroxyl groups is 1. The molecule has 0 bridgehead atoms. The number of fused-ring (bicyclic) bond motifs is 1. The highest BCUT2D eigenvalue weighted by Gasteiger charge is 2.22. The van der Waals surface area contributed by atoms with E-state index in [1.807, 2.05) is 0 Å². The molecule has 0 aliphatic carbocycles. The largest absolute Gasteiger partial charge is 0.505 e. The van der Waals surface area contributed by atoms with Gasteiger partial charge in [-0.15, -0.1) is 0 Å². The van der Waals surface area contributed by atoms with Crippen LogP contribution in [0.5, 0.6) is 5.75 Å². The number of nitrogens with one attached hydrogen (secondary N) is 3. The van der Waals surface area contributed by atoms with E-state index in [-0.39, 0.29) is 17.0 Å². The van der Waals surface area contributed by atoms with Crippen molar-refractivity contribution in [2.45, 2.75) is 0 Å². The van der Waals surface area contributed by atoms with Gasteiger partial charge in [0.15, 0.2) is 29.0 Å². The number of benzene rings is 2. The predicted octanol–water partition coefficient (Wildman–Crippen LogP) is 2.79. The lowest BCUT2D eigenvalue weighted by Gasteiger charge is -2.10. The van der Waals surface area contributed by atoms with E-state index in [9.17, 15) is 37.1 Å². The summed E-state index contributed by atoms with van der Waals surface area (Å²) in [5.74, 6) is -8.27. The zero-order valence-corrected chi connectivity index (χ0v) is 13.6. The number of rotatable bonds is 2. The first-order valence-corrected chi connectivity index (χ1v) is 7.50. The first-order chi connectivity index (χ1) is 13.2. The Hall–Kier alpha value is -3.89. The summed E-state index contributed by atoms with van der Waals surface area (Å²) in [6.07, 6.45) is 0. The molecule has 7 nitrogen and oxygen atoms in total. The molecule has 0 saturated carbocycles. The third kappa shape index (κ3) is 3.24. The molecule has 0 radical (unpaired) electrons. The van der Waals surface area contributed by atoms with Gasteiger partial charge in [-0.2, -0.15) is 0 Å². The topological polar surface area (TPSA) is 111 Å². The van der Waals surface area contributed by atoms with Gasteiger partial charge in [0.25, 0.3) is 11.0 Å². The summed E-state index contributed by atoms with van der Waals surface area (Å²) in [5.41, 5.74) is -4.69. The number of hydrogen-bond acceptors (Lipinski definition) is 4. The number of para-hydroxylation sites is 1. The number of amides is 2. The van der Waals surface area contributed by atoms with Crippen molar-refractivity contribution in [3.63, 3.8) is 0 Å². The SMILES string of the molecule is O=C(Nc1c(F)cc(F)c(F)c1F)Nc1c(O)c2ccccc2[nH]c(=O)c1=O. The Morgan fingerprint density at radius 3 is 2.29 bits per heavy atom. The summed E-state index contributed by atoms with van der Waals surface area (Å²) in [7, 11) is 0. The Morgan fingerprint density at radius 2 is 1.57 bits per heavy atom. The maximum atomic E-state index is 13.6. The minimum absolute atomic E-state index is 0.00522. The Kier molecular flexibility index (Phi) is 4.74. The quantitative estimate of drug-likeness (QED) is 0.231. The summed E-state index contributed by atoms with van der Waals surface area (Å²) in [6.45, 7) is 0. The predicted molar refractivity (Wildman–Crippen MR) is 91.4 cm³/mol. The maximum absolute atomic E-state index is 13.6. The number of urea groups is 1. The molecule has 0 aliphatic heterocycles. The molecule has 3 aromatic rings. The fourth-order valence-electron chi connectivity index (χ4n) is 2.39. The van der Waals surface area contributed by atoms with Crippen molar-refractivity contribution in [2.75, 3.05) is 10.6 Å². The van der Waals surface area contributed by atoms with E-state index in [4.69, 9.17) is 0 Å². The molecule has 1 aromatic heterocycles. The fraction of sp³-hybridized carbons (Fsp3) is 0. The lowest BCUT2D eigenvalue weighted by molar-refractivity contribution is 0.261. The smallest absolute Gasteiger partial charge is 0.324 e. The van der Waals surface area contributed by atoms with Gasteiger partial charge in [-0.3, -0.25) is 9.59 Å². The van der Waals surface area contributed by atoms with Gasteiger partial charge >= 0.3 is 6.03 Å². The van der Waals surface area contributed by atoms with E-state index in [0.29, 0.717) is 0 Å².